The van der Waals surface area contributed by atoms with Crippen molar-refractivity contribution in [3.05, 3.63) is 67.7 Å². The van der Waals surface area contributed by atoms with E-state index >= 15 is 0 Å². The van der Waals surface area contributed by atoms with Crippen LogP contribution >= 0.6 is 23.2 Å². The van der Waals surface area contributed by atoms with Crippen LogP contribution in [0, 0.1) is 21.7 Å². The van der Waals surface area contributed by atoms with Crippen molar-refractivity contribution in [3.63, 3.8) is 0 Å². The number of anilines is 1. The van der Waals surface area contributed by atoms with Crippen molar-refractivity contribution in [2.75, 3.05) is 5.32 Å². The van der Waals surface area contributed by atoms with Crippen molar-refractivity contribution in [2.45, 2.75) is 6.54 Å². The van der Waals surface area contributed by atoms with Gasteiger partial charge in [-0.1, -0.05) is 23.2 Å². The highest BCUT2D eigenvalue weighted by atomic mass is 35.5. The van der Waals surface area contributed by atoms with Gasteiger partial charge in [0.1, 0.15) is 5.82 Å². The molecule has 4 nitrogen and oxygen atoms in total. The molecular formula is C13H8Cl2F2N2O2. The molecule has 0 unspecified atom stereocenters. The van der Waals surface area contributed by atoms with Crippen LogP contribution in [0.5, 0.6) is 0 Å². The number of halogens is 4. The van der Waals surface area contributed by atoms with Crippen LogP contribution in [0.4, 0.5) is 20.2 Å². The van der Waals surface area contributed by atoms with Crippen LogP contribution in [0.15, 0.2) is 30.3 Å². The van der Waals surface area contributed by atoms with Crippen molar-refractivity contribution in [3.8, 4) is 0 Å². The molecule has 0 radical (unpaired) electrons. The Kier molecular flexibility index (Phi) is 4.59. The summed E-state index contributed by atoms with van der Waals surface area (Å²) in [5, 5.41) is 14.2. The van der Waals surface area contributed by atoms with E-state index in [1.54, 1.807) is 12.1 Å². The minimum absolute atomic E-state index is 0.0471. The second-order valence-electron chi connectivity index (χ2n) is 4.13. The van der Waals surface area contributed by atoms with E-state index in [0.29, 0.717) is 21.8 Å². The zero-order valence-corrected chi connectivity index (χ0v) is 11.9. The number of benzene rings is 2. The topological polar surface area (TPSA) is 55.2 Å². The quantitative estimate of drug-likeness (QED) is 0.646. The van der Waals surface area contributed by atoms with Gasteiger partial charge < -0.3 is 5.32 Å². The highest BCUT2D eigenvalue weighted by Crippen LogP contribution is 2.27. The fourth-order valence-corrected chi connectivity index (χ4v) is 2.15. The predicted octanol–water partition coefficient (Wildman–Crippen LogP) is 4.79. The zero-order valence-electron chi connectivity index (χ0n) is 10.4. The van der Waals surface area contributed by atoms with E-state index in [1.165, 1.54) is 6.07 Å². The summed E-state index contributed by atoms with van der Waals surface area (Å²) < 4.78 is 26.8. The summed E-state index contributed by atoms with van der Waals surface area (Å²) in [5.41, 5.74) is -0.350. The summed E-state index contributed by atoms with van der Waals surface area (Å²) in [4.78, 5) is 9.73. The number of nitro benzene ring substituents is 1. The summed E-state index contributed by atoms with van der Waals surface area (Å²) >= 11 is 11.7. The van der Waals surface area contributed by atoms with Crippen molar-refractivity contribution >= 4 is 34.6 Å². The number of hydrogen-bond acceptors (Lipinski definition) is 3. The van der Waals surface area contributed by atoms with Crippen molar-refractivity contribution in [1.82, 2.24) is 0 Å². The molecule has 21 heavy (non-hydrogen) atoms. The molecule has 0 bridgehead atoms. The largest absolute Gasteiger partial charge is 0.380 e. The maximum Gasteiger partial charge on any atom is 0.305 e. The number of nitrogens with zero attached hydrogens (tertiary/aromatic N) is 1. The van der Waals surface area contributed by atoms with Crippen LogP contribution in [-0.4, -0.2) is 4.92 Å². The Morgan fingerprint density at radius 3 is 2.48 bits per heavy atom. The van der Waals surface area contributed by atoms with Gasteiger partial charge in [-0.2, -0.15) is 4.39 Å². The zero-order chi connectivity index (χ0) is 15.6. The molecule has 110 valence electrons. The lowest BCUT2D eigenvalue weighted by molar-refractivity contribution is -0.387. The maximum absolute atomic E-state index is 13.6. The average Bonchev–Trinajstić information content (AvgIpc) is 2.39. The van der Waals surface area contributed by atoms with Gasteiger partial charge in [-0.25, -0.2) is 4.39 Å². The molecule has 2 aromatic rings. The third-order valence-corrected chi connectivity index (χ3v) is 3.26. The molecule has 1 N–H and O–H groups in total. The Bertz CT molecular complexity index is 711. The van der Waals surface area contributed by atoms with Gasteiger partial charge in [0, 0.05) is 29.3 Å². The second kappa shape index (κ2) is 6.24. The molecule has 0 aliphatic rings. The van der Waals surface area contributed by atoms with Gasteiger partial charge in [-0.15, -0.1) is 0 Å². The van der Waals surface area contributed by atoms with E-state index in [-0.39, 0.29) is 12.1 Å². The minimum Gasteiger partial charge on any atom is -0.380 e. The average molecular weight is 333 g/mol. The summed E-state index contributed by atoms with van der Waals surface area (Å²) in [6.45, 7) is -0.0890. The summed E-state index contributed by atoms with van der Waals surface area (Å²) in [7, 11) is 0. The number of hydrogen-bond donors (Lipinski definition) is 1. The van der Waals surface area contributed by atoms with E-state index in [4.69, 9.17) is 23.2 Å². The van der Waals surface area contributed by atoms with Crippen LogP contribution in [0.2, 0.25) is 10.0 Å². The molecule has 0 aromatic heterocycles. The van der Waals surface area contributed by atoms with E-state index in [0.717, 1.165) is 6.07 Å². The molecule has 0 aliphatic heterocycles. The van der Waals surface area contributed by atoms with Crippen molar-refractivity contribution in [2.24, 2.45) is 0 Å². The molecule has 0 saturated carbocycles. The molecule has 8 heteroatoms. The van der Waals surface area contributed by atoms with Crippen LogP contribution in [-0.2, 0) is 6.54 Å². The van der Waals surface area contributed by atoms with Gasteiger partial charge in [0.05, 0.1) is 15.6 Å². The SMILES string of the molecule is O=[N+]([O-])c1cc(CNc2ccc(Cl)cc2Cl)c(F)cc1F. The monoisotopic (exact) mass is 332 g/mol. The number of nitro groups is 1. The van der Waals surface area contributed by atoms with Gasteiger partial charge >= 0.3 is 5.69 Å². The molecule has 0 atom stereocenters. The lowest BCUT2D eigenvalue weighted by Crippen LogP contribution is -2.04. The molecule has 2 rings (SSSR count). The molecule has 0 spiro atoms. The predicted molar refractivity (Wildman–Crippen MR) is 76.8 cm³/mol. The summed E-state index contributed by atoms with van der Waals surface area (Å²) in [6.07, 6.45) is 0. The molecule has 0 fully saturated rings. The molecule has 0 saturated heterocycles. The Balaban J connectivity index is 2.23. The van der Waals surface area contributed by atoms with Crippen molar-refractivity contribution < 1.29 is 13.7 Å². The van der Waals surface area contributed by atoms with E-state index in [1.807, 2.05) is 0 Å². The second-order valence-corrected chi connectivity index (χ2v) is 4.97. The molecule has 0 aliphatic carbocycles. The first-order valence-electron chi connectivity index (χ1n) is 5.69. The molecular weight excluding hydrogens is 325 g/mol. The molecule has 0 amide bonds. The Morgan fingerprint density at radius 2 is 1.86 bits per heavy atom. The lowest BCUT2D eigenvalue weighted by Gasteiger charge is -2.09. The highest BCUT2D eigenvalue weighted by molar-refractivity contribution is 6.36. The first-order valence-corrected chi connectivity index (χ1v) is 6.45. The maximum atomic E-state index is 13.6. The minimum atomic E-state index is -1.22. The highest BCUT2D eigenvalue weighted by Gasteiger charge is 2.18. The Hall–Kier alpha value is -1.92. The number of rotatable bonds is 4. The first-order chi connectivity index (χ1) is 9.88. The van der Waals surface area contributed by atoms with E-state index < -0.39 is 22.2 Å². The van der Waals surface area contributed by atoms with Gasteiger partial charge in [0.2, 0.25) is 5.82 Å². The fourth-order valence-electron chi connectivity index (χ4n) is 1.68. The van der Waals surface area contributed by atoms with Crippen LogP contribution in [0.25, 0.3) is 0 Å². The van der Waals surface area contributed by atoms with Crippen LogP contribution < -0.4 is 5.32 Å². The van der Waals surface area contributed by atoms with Crippen LogP contribution in [0.1, 0.15) is 5.56 Å². The number of nitrogens with one attached hydrogen (secondary N) is 1. The fraction of sp³-hybridized carbons (Fsp3) is 0.0769. The van der Waals surface area contributed by atoms with Gasteiger partial charge in [0.25, 0.3) is 0 Å². The normalized spacial score (nSPS) is 10.5. The molecule has 0 heterocycles. The van der Waals surface area contributed by atoms with Gasteiger partial charge in [-0.3, -0.25) is 10.1 Å². The smallest absolute Gasteiger partial charge is 0.305 e. The van der Waals surface area contributed by atoms with Gasteiger partial charge in [0.15, 0.2) is 0 Å². The van der Waals surface area contributed by atoms with Crippen LogP contribution in [0.3, 0.4) is 0 Å². The lowest BCUT2D eigenvalue weighted by atomic mass is 10.1. The Labute approximate surface area is 128 Å². The van der Waals surface area contributed by atoms with Gasteiger partial charge in [-0.05, 0) is 18.2 Å². The molecule has 2 aromatic carbocycles. The third kappa shape index (κ3) is 3.59. The van der Waals surface area contributed by atoms with E-state index in [2.05, 4.69) is 5.32 Å². The van der Waals surface area contributed by atoms with E-state index in [9.17, 15) is 18.9 Å². The Morgan fingerprint density at radius 1 is 1.14 bits per heavy atom. The van der Waals surface area contributed by atoms with Crippen molar-refractivity contribution in [1.29, 1.82) is 0 Å². The third-order valence-electron chi connectivity index (χ3n) is 2.71. The summed E-state index contributed by atoms with van der Waals surface area (Å²) in [5.74, 6) is -2.10. The standard InChI is InChI=1S/C13H8Cl2F2N2O2/c14-8-1-2-12(9(15)4-8)18-6-7-3-13(19(20)21)11(17)5-10(7)16/h1-5,18H,6H2. The summed E-state index contributed by atoms with van der Waals surface area (Å²) in [6, 6.07) is 5.99. The first kappa shape index (κ1) is 15.5.